The highest BCUT2D eigenvalue weighted by molar-refractivity contribution is 7.80. The molecule has 2 N–H and O–H groups in total. The highest BCUT2D eigenvalue weighted by Gasteiger charge is 2.07. The normalized spacial score (nSPS) is 10.3. The van der Waals surface area contributed by atoms with E-state index in [0.29, 0.717) is 29.1 Å². The summed E-state index contributed by atoms with van der Waals surface area (Å²) in [7, 11) is 3.19. The molecule has 0 aliphatic carbocycles. The summed E-state index contributed by atoms with van der Waals surface area (Å²) in [6.07, 6.45) is 1.67. The number of nitrogens with zero attached hydrogens (tertiary/aromatic N) is 3. The van der Waals surface area contributed by atoms with Gasteiger partial charge in [0.2, 0.25) is 5.95 Å². The molecule has 0 spiro atoms. The number of hydrogen-bond acceptors (Lipinski definition) is 5. The second-order valence-corrected chi connectivity index (χ2v) is 6.34. The molecule has 1 aromatic heterocycles. The minimum Gasteiger partial charge on any atom is -0.497 e. The second kappa shape index (κ2) is 8.50. The maximum atomic E-state index is 5.34. The van der Waals surface area contributed by atoms with Gasteiger partial charge in [0.1, 0.15) is 17.8 Å². The van der Waals surface area contributed by atoms with Crippen LogP contribution in [0.3, 0.4) is 0 Å². The van der Waals surface area contributed by atoms with Crippen LogP contribution in [0.25, 0.3) is 0 Å². The van der Waals surface area contributed by atoms with Crippen molar-refractivity contribution in [3.63, 3.8) is 0 Å². The Morgan fingerprint density at radius 1 is 1.04 bits per heavy atom. The van der Waals surface area contributed by atoms with Crippen LogP contribution in [0.5, 0.6) is 11.5 Å². The summed E-state index contributed by atoms with van der Waals surface area (Å²) in [5.74, 6) is 1.76. The van der Waals surface area contributed by atoms with Gasteiger partial charge < -0.3 is 14.8 Å². The maximum Gasteiger partial charge on any atom is 0.248 e. The number of methoxy groups -OCH3 is 2. The lowest BCUT2D eigenvalue weighted by Gasteiger charge is -2.11. The third kappa shape index (κ3) is 5.18. The number of hydrogen-bond donors (Lipinski definition) is 2. The second-order valence-electron chi connectivity index (χ2n) is 5.93. The summed E-state index contributed by atoms with van der Waals surface area (Å²) >= 11 is 5.34. The molecule has 0 fully saturated rings. The average Bonchev–Trinajstić information content (AvgIpc) is 3.09. The number of aryl methyl sites for hydroxylation is 1. The van der Waals surface area contributed by atoms with Crippen LogP contribution >= 0.6 is 12.2 Å². The number of thiocarbonyl (C=S) groups is 1. The van der Waals surface area contributed by atoms with Crippen LogP contribution in [-0.4, -0.2) is 34.1 Å². The SMILES string of the molecule is COc1cc(NC(=S)Nc2ncn(Cc3ccc(C)cc3)n2)cc(OC)c1. The number of aromatic nitrogens is 3. The first-order chi connectivity index (χ1) is 13.1. The monoisotopic (exact) mass is 383 g/mol. The molecule has 0 saturated heterocycles. The molecule has 140 valence electrons. The van der Waals surface area contributed by atoms with Gasteiger partial charge in [0.05, 0.1) is 20.8 Å². The zero-order chi connectivity index (χ0) is 19.2. The van der Waals surface area contributed by atoms with Crippen molar-refractivity contribution in [1.82, 2.24) is 14.8 Å². The van der Waals surface area contributed by atoms with Gasteiger partial charge in [-0.1, -0.05) is 29.8 Å². The van der Waals surface area contributed by atoms with Crippen LogP contribution < -0.4 is 20.1 Å². The molecule has 0 aliphatic heterocycles. The van der Waals surface area contributed by atoms with Crippen molar-refractivity contribution in [3.8, 4) is 11.5 Å². The van der Waals surface area contributed by atoms with E-state index in [9.17, 15) is 0 Å². The number of nitrogens with one attached hydrogen (secondary N) is 2. The molecule has 2 aromatic carbocycles. The fourth-order valence-corrected chi connectivity index (χ4v) is 2.66. The van der Waals surface area contributed by atoms with Crippen molar-refractivity contribution in [2.75, 3.05) is 24.9 Å². The Morgan fingerprint density at radius 3 is 2.33 bits per heavy atom. The molecule has 0 bridgehead atoms. The van der Waals surface area contributed by atoms with Gasteiger partial charge in [0, 0.05) is 23.9 Å². The zero-order valence-corrected chi connectivity index (χ0v) is 16.2. The molecule has 0 amide bonds. The van der Waals surface area contributed by atoms with Gasteiger partial charge in [0.25, 0.3) is 0 Å². The van der Waals surface area contributed by atoms with Crippen LogP contribution in [0.4, 0.5) is 11.6 Å². The topological polar surface area (TPSA) is 73.2 Å². The first-order valence-electron chi connectivity index (χ1n) is 8.32. The molecular formula is C19H21N5O2S. The van der Waals surface area contributed by atoms with Crippen molar-refractivity contribution >= 4 is 29.0 Å². The van der Waals surface area contributed by atoms with E-state index in [2.05, 4.69) is 51.9 Å². The van der Waals surface area contributed by atoms with Gasteiger partial charge in [-0.3, -0.25) is 5.32 Å². The molecule has 3 aromatic rings. The summed E-state index contributed by atoms with van der Waals surface area (Å²) < 4.78 is 12.3. The number of ether oxygens (including phenoxy) is 2. The summed E-state index contributed by atoms with van der Waals surface area (Å²) in [5.41, 5.74) is 3.12. The smallest absolute Gasteiger partial charge is 0.248 e. The van der Waals surface area contributed by atoms with E-state index in [1.54, 1.807) is 31.3 Å². The van der Waals surface area contributed by atoms with Crippen LogP contribution in [-0.2, 0) is 6.54 Å². The number of benzene rings is 2. The highest BCUT2D eigenvalue weighted by Crippen LogP contribution is 2.25. The summed E-state index contributed by atoms with van der Waals surface area (Å²) in [5, 5.41) is 10.8. The van der Waals surface area contributed by atoms with Crippen LogP contribution in [0.15, 0.2) is 48.8 Å². The van der Waals surface area contributed by atoms with E-state index in [4.69, 9.17) is 21.7 Å². The Bertz CT molecular complexity index is 902. The molecule has 0 unspecified atom stereocenters. The number of anilines is 2. The number of rotatable bonds is 6. The van der Waals surface area contributed by atoms with Gasteiger partial charge in [-0.15, -0.1) is 5.10 Å². The van der Waals surface area contributed by atoms with Crippen LogP contribution in [0, 0.1) is 6.92 Å². The van der Waals surface area contributed by atoms with Gasteiger partial charge >= 0.3 is 0 Å². The molecular weight excluding hydrogens is 362 g/mol. The average molecular weight is 383 g/mol. The quantitative estimate of drug-likeness (QED) is 0.632. The molecule has 7 nitrogen and oxygen atoms in total. The third-order valence-electron chi connectivity index (χ3n) is 3.84. The van der Waals surface area contributed by atoms with E-state index in [1.807, 2.05) is 12.1 Å². The van der Waals surface area contributed by atoms with Crippen molar-refractivity contribution in [1.29, 1.82) is 0 Å². The Labute approximate surface area is 163 Å². The summed E-state index contributed by atoms with van der Waals surface area (Å²) in [6, 6.07) is 13.7. The first-order valence-corrected chi connectivity index (χ1v) is 8.72. The fourth-order valence-electron chi connectivity index (χ4n) is 2.45. The van der Waals surface area contributed by atoms with Crippen LogP contribution in [0.2, 0.25) is 0 Å². The molecule has 27 heavy (non-hydrogen) atoms. The van der Waals surface area contributed by atoms with E-state index < -0.39 is 0 Å². The molecule has 8 heteroatoms. The zero-order valence-electron chi connectivity index (χ0n) is 15.4. The lowest BCUT2D eigenvalue weighted by atomic mass is 10.1. The standard InChI is InChI=1S/C19H21N5O2S/c1-13-4-6-14(7-5-13)11-24-12-20-18(23-24)22-19(27)21-15-8-16(25-2)10-17(9-15)26-3/h4-10,12H,11H2,1-3H3,(H2,21,22,23,27). The Morgan fingerprint density at radius 2 is 1.70 bits per heavy atom. The van der Waals surface area contributed by atoms with Gasteiger partial charge in [-0.25, -0.2) is 9.67 Å². The molecule has 0 saturated carbocycles. The van der Waals surface area contributed by atoms with Gasteiger partial charge in [-0.05, 0) is 24.7 Å². The molecule has 3 rings (SSSR count). The predicted molar refractivity (Wildman–Crippen MR) is 110 cm³/mol. The maximum absolute atomic E-state index is 5.34. The molecule has 1 heterocycles. The molecule has 0 radical (unpaired) electrons. The Hall–Kier alpha value is -3.13. The van der Waals surface area contributed by atoms with Crippen molar-refractivity contribution in [2.45, 2.75) is 13.5 Å². The van der Waals surface area contributed by atoms with E-state index in [0.717, 1.165) is 11.3 Å². The van der Waals surface area contributed by atoms with E-state index in [-0.39, 0.29) is 0 Å². The lowest BCUT2D eigenvalue weighted by molar-refractivity contribution is 0.395. The summed E-state index contributed by atoms with van der Waals surface area (Å²) in [4.78, 5) is 4.24. The third-order valence-corrected chi connectivity index (χ3v) is 4.04. The minimum absolute atomic E-state index is 0.374. The first kappa shape index (κ1) is 18.7. The lowest BCUT2D eigenvalue weighted by Crippen LogP contribution is -2.20. The van der Waals surface area contributed by atoms with Crippen molar-refractivity contribution in [2.24, 2.45) is 0 Å². The largest absolute Gasteiger partial charge is 0.497 e. The Balaban J connectivity index is 1.61. The summed E-state index contributed by atoms with van der Waals surface area (Å²) in [6.45, 7) is 2.70. The van der Waals surface area contributed by atoms with Gasteiger partial charge in [-0.2, -0.15) is 0 Å². The highest BCUT2D eigenvalue weighted by atomic mass is 32.1. The van der Waals surface area contributed by atoms with E-state index >= 15 is 0 Å². The van der Waals surface area contributed by atoms with Crippen molar-refractivity contribution in [3.05, 3.63) is 59.9 Å². The van der Waals surface area contributed by atoms with Gasteiger partial charge in [0.15, 0.2) is 5.11 Å². The van der Waals surface area contributed by atoms with Crippen molar-refractivity contribution < 1.29 is 9.47 Å². The van der Waals surface area contributed by atoms with Crippen LogP contribution in [0.1, 0.15) is 11.1 Å². The fraction of sp³-hybridized carbons (Fsp3) is 0.211. The Kier molecular flexibility index (Phi) is 5.87. The minimum atomic E-state index is 0.374. The molecule has 0 atom stereocenters. The predicted octanol–water partition coefficient (Wildman–Crippen LogP) is 3.46. The molecule has 0 aliphatic rings. The van der Waals surface area contributed by atoms with E-state index in [1.165, 1.54) is 5.56 Å².